The highest BCUT2D eigenvalue weighted by Gasteiger charge is 2.14. The number of para-hydroxylation sites is 4. The maximum atomic E-state index is 13.0. The zero-order valence-electron chi connectivity index (χ0n) is 16.0. The molecule has 1 amide bonds. The molecule has 0 fully saturated rings. The summed E-state index contributed by atoms with van der Waals surface area (Å²) in [5.41, 5.74) is 2.52. The van der Waals surface area contributed by atoms with Gasteiger partial charge in [0.25, 0.3) is 5.91 Å². The Morgan fingerprint density at radius 1 is 0.966 bits per heavy atom. The predicted octanol–water partition coefficient (Wildman–Crippen LogP) is 5.32. The molecule has 0 aliphatic heterocycles. The van der Waals surface area contributed by atoms with Gasteiger partial charge in [-0.15, -0.1) is 0 Å². The first-order chi connectivity index (χ1) is 14.2. The molecule has 4 rings (SSSR count). The standard InChI is InChI=1S/C24H20N2O3/c1-2-28-22-15-9-7-13-20(22)26-24-19(16-17-10-6-8-14-21(17)29-24)23(27)25-18-11-4-3-5-12-18/h3-16H,2H2,1H3,(H,25,27). The summed E-state index contributed by atoms with van der Waals surface area (Å²) in [6.45, 7) is 2.43. The van der Waals surface area contributed by atoms with E-state index in [4.69, 9.17) is 9.15 Å². The lowest BCUT2D eigenvalue weighted by molar-refractivity contribution is 0.102. The van der Waals surface area contributed by atoms with Crippen LogP contribution in [0.5, 0.6) is 5.75 Å². The van der Waals surface area contributed by atoms with Gasteiger partial charge in [0.15, 0.2) is 0 Å². The van der Waals surface area contributed by atoms with Gasteiger partial charge in [-0.2, -0.15) is 0 Å². The number of ether oxygens (including phenoxy) is 1. The molecule has 1 N–H and O–H groups in total. The summed E-state index contributed by atoms with van der Waals surface area (Å²) in [6, 6.07) is 26.0. The first-order valence-corrected chi connectivity index (χ1v) is 9.40. The fraction of sp³-hybridized carbons (Fsp3) is 0.0833. The molecule has 5 heteroatoms. The third kappa shape index (κ3) is 4.19. The van der Waals surface area contributed by atoms with Crippen molar-refractivity contribution in [3.8, 4) is 5.75 Å². The Labute approximate surface area is 168 Å². The highest BCUT2D eigenvalue weighted by molar-refractivity contribution is 6.05. The first-order valence-electron chi connectivity index (χ1n) is 9.40. The van der Waals surface area contributed by atoms with Gasteiger partial charge in [0.05, 0.1) is 6.61 Å². The number of benzene rings is 3. The van der Waals surface area contributed by atoms with Crippen LogP contribution in [0.3, 0.4) is 0 Å². The number of amides is 1. The SMILES string of the molecule is CCOc1ccccc1N=c1oc2ccccc2cc1C(=O)Nc1ccccc1. The van der Waals surface area contributed by atoms with E-state index in [0.717, 1.165) is 5.39 Å². The van der Waals surface area contributed by atoms with Crippen molar-refractivity contribution in [2.75, 3.05) is 11.9 Å². The van der Waals surface area contributed by atoms with Crippen molar-refractivity contribution in [1.82, 2.24) is 0 Å². The fourth-order valence-electron chi connectivity index (χ4n) is 2.97. The number of carbonyl (C=O) groups is 1. The monoisotopic (exact) mass is 384 g/mol. The normalized spacial score (nSPS) is 11.4. The van der Waals surface area contributed by atoms with Crippen LogP contribution in [0.1, 0.15) is 17.3 Å². The molecule has 0 saturated carbocycles. The van der Waals surface area contributed by atoms with E-state index in [1.165, 1.54) is 0 Å². The number of carbonyl (C=O) groups excluding carboxylic acids is 1. The van der Waals surface area contributed by atoms with E-state index in [1.807, 2.05) is 85.8 Å². The molecular formula is C24H20N2O3. The summed E-state index contributed by atoms with van der Waals surface area (Å²) in [4.78, 5) is 17.6. The Morgan fingerprint density at radius 3 is 2.52 bits per heavy atom. The Morgan fingerprint density at radius 2 is 1.69 bits per heavy atom. The molecule has 0 spiro atoms. The minimum atomic E-state index is -0.293. The fourth-order valence-corrected chi connectivity index (χ4v) is 2.97. The zero-order valence-corrected chi connectivity index (χ0v) is 16.0. The predicted molar refractivity (Wildman–Crippen MR) is 113 cm³/mol. The molecule has 0 bridgehead atoms. The minimum Gasteiger partial charge on any atom is -0.492 e. The van der Waals surface area contributed by atoms with Crippen LogP contribution in [0.25, 0.3) is 11.0 Å². The van der Waals surface area contributed by atoms with Crippen LogP contribution < -0.4 is 15.6 Å². The molecule has 0 atom stereocenters. The molecule has 0 unspecified atom stereocenters. The van der Waals surface area contributed by atoms with Crippen LogP contribution in [0, 0.1) is 0 Å². The number of hydrogen-bond acceptors (Lipinski definition) is 4. The smallest absolute Gasteiger partial charge is 0.261 e. The van der Waals surface area contributed by atoms with Gasteiger partial charge < -0.3 is 14.5 Å². The number of fused-ring (bicyclic) bond motifs is 1. The van der Waals surface area contributed by atoms with Crippen molar-refractivity contribution in [3.05, 3.63) is 96.0 Å². The van der Waals surface area contributed by atoms with Gasteiger partial charge in [-0.05, 0) is 43.3 Å². The number of anilines is 1. The van der Waals surface area contributed by atoms with Crippen LogP contribution in [0.2, 0.25) is 0 Å². The maximum absolute atomic E-state index is 13.0. The van der Waals surface area contributed by atoms with Crippen molar-refractivity contribution < 1.29 is 13.9 Å². The molecule has 29 heavy (non-hydrogen) atoms. The molecule has 4 aromatic rings. The van der Waals surface area contributed by atoms with Gasteiger partial charge in [-0.1, -0.05) is 48.5 Å². The average Bonchev–Trinajstić information content (AvgIpc) is 2.75. The van der Waals surface area contributed by atoms with E-state index in [9.17, 15) is 4.79 Å². The summed E-state index contributed by atoms with van der Waals surface area (Å²) >= 11 is 0. The number of nitrogens with zero attached hydrogens (tertiary/aromatic N) is 1. The molecular weight excluding hydrogens is 364 g/mol. The zero-order chi connectivity index (χ0) is 20.1. The molecule has 1 heterocycles. The highest BCUT2D eigenvalue weighted by Crippen LogP contribution is 2.26. The maximum Gasteiger partial charge on any atom is 0.261 e. The van der Waals surface area contributed by atoms with E-state index < -0.39 is 0 Å². The van der Waals surface area contributed by atoms with Crippen molar-refractivity contribution in [2.45, 2.75) is 6.92 Å². The average molecular weight is 384 g/mol. The lowest BCUT2D eigenvalue weighted by Gasteiger charge is -2.08. The van der Waals surface area contributed by atoms with Gasteiger partial charge >= 0.3 is 0 Å². The number of nitrogens with one attached hydrogen (secondary N) is 1. The Kier molecular flexibility index (Phi) is 5.38. The van der Waals surface area contributed by atoms with Gasteiger partial charge in [0.2, 0.25) is 5.55 Å². The summed E-state index contributed by atoms with van der Waals surface area (Å²) in [7, 11) is 0. The summed E-state index contributed by atoms with van der Waals surface area (Å²) < 4.78 is 11.7. The minimum absolute atomic E-state index is 0.226. The van der Waals surface area contributed by atoms with Crippen LogP contribution in [0.15, 0.2) is 94.3 Å². The Bertz CT molecular complexity index is 1210. The van der Waals surface area contributed by atoms with Gasteiger partial charge in [0.1, 0.15) is 22.6 Å². The molecule has 0 saturated heterocycles. The second-order valence-electron chi connectivity index (χ2n) is 6.34. The molecule has 144 valence electrons. The van der Waals surface area contributed by atoms with Gasteiger partial charge in [-0.3, -0.25) is 4.79 Å². The van der Waals surface area contributed by atoms with Crippen molar-refractivity contribution >= 4 is 28.3 Å². The molecule has 5 nitrogen and oxygen atoms in total. The second-order valence-corrected chi connectivity index (χ2v) is 6.34. The topological polar surface area (TPSA) is 63.8 Å². The first kappa shape index (κ1) is 18.5. The third-order valence-electron chi connectivity index (χ3n) is 4.32. The molecule has 0 radical (unpaired) electrons. The van der Waals surface area contributed by atoms with Crippen LogP contribution in [-0.4, -0.2) is 12.5 Å². The highest BCUT2D eigenvalue weighted by atomic mass is 16.5. The van der Waals surface area contributed by atoms with Crippen LogP contribution in [0.4, 0.5) is 11.4 Å². The van der Waals surface area contributed by atoms with E-state index in [2.05, 4.69) is 10.3 Å². The van der Waals surface area contributed by atoms with Gasteiger partial charge in [-0.25, -0.2) is 4.99 Å². The number of rotatable bonds is 5. The molecule has 1 aromatic heterocycles. The third-order valence-corrected chi connectivity index (χ3v) is 4.32. The molecule has 3 aromatic carbocycles. The van der Waals surface area contributed by atoms with Crippen molar-refractivity contribution in [1.29, 1.82) is 0 Å². The largest absolute Gasteiger partial charge is 0.492 e. The Hall–Kier alpha value is -3.86. The van der Waals surface area contributed by atoms with Gasteiger partial charge in [0, 0.05) is 11.1 Å². The van der Waals surface area contributed by atoms with E-state index in [0.29, 0.717) is 34.9 Å². The lowest BCUT2D eigenvalue weighted by Crippen LogP contribution is -2.21. The Balaban J connectivity index is 1.86. The van der Waals surface area contributed by atoms with Crippen molar-refractivity contribution in [2.24, 2.45) is 4.99 Å². The van der Waals surface area contributed by atoms with Crippen LogP contribution >= 0.6 is 0 Å². The molecule has 0 aliphatic carbocycles. The molecule has 0 aliphatic rings. The quantitative estimate of drug-likeness (QED) is 0.507. The second kappa shape index (κ2) is 8.44. The van der Waals surface area contributed by atoms with E-state index >= 15 is 0 Å². The summed E-state index contributed by atoms with van der Waals surface area (Å²) in [5.74, 6) is 0.339. The van der Waals surface area contributed by atoms with Crippen LogP contribution in [-0.2, 0) is 0 Å². The van der Waals surface area contributed by atoms with E-state index in [-0.39, 0.29) is 11.5 Å². The summed E-state index contributed by atoms with van der Waals surface area (Å²) in [5, 5.41) is 3.72. The van der Waals surface area contributed by atoms with Crippen molar-refractivity contribution in [3.63, 3.8) is 0 Å². The number of hydrogen-bond donors (Lipinski definition) is 1. The van der Waals surface area contributed by atoms with E-state index in [1.54, 1.807) is 6.07 Å². The lowest BCUT2D eigenvalue weighted by atomic mass is 10.1. The summed E-state index contributed by atoms with van der Waals surface area (Å²) in [6.07, 6.45) is 0.